The molecule has 1 amide bonds. The number of aromatic nitrogens is 4. The molecule has 0 radical (unpaired) electrons. The third kappa shape index (κ3) is 3.99. The first kappa shape index (κ1) is 17.8. The number of tetrazole rings is 1. The molecule has 2 unspecified atom stereocenters. The van der Waals surface area contributed by atoms with Crippen molar-refractivity contribution < 1.29 is 4.79 Å². The topological polar surface area (TPSA) is 84.7 Å². The predicted molar refractivity (Wildman–Crippen MR) is 97.1 cm³/mol. The van der Waals surface area contributed by atoms with Gasteiger partial charge in [0, 0.05) is 24.2 Å². The van der Waals surface area contributed by atoms with Gasteiger partial charge in [0.2, 0.25) is 5.91 Å². The summed E-state index contributed by atoms with van der Waals surface area (Å²) in [5.74, 6) is 0.584. The summed E-state index contributed by atoms with van der Waals surface area (Å²) in [4.78, 5) is 12.4. The van der Waals surface area contributed by atoms with Gasteiger partial charge in [0.05, 0.1) is 5.69 Å². The van der Waals surface area contributed by atoms with Crippen LogP contribution in [0.4, 0.5) is 5.69 Å². The van der Waals surface area contributed by atoms with Crippen molar-refractivity contribution in [1.82, 2.24) is 25.5 Å². The highest BCUT2D eigenvalue weighted by atomic mass is 35.5. The lowest BCUT2D eigenvalue weighted by molar-refractivity contribution is -0.117. The number of aryl methyl sites for hydroxylation is 1. The van der Waals surface area contributed by atoms with Crippen molar-refractivity contribution in [2.75, 3.05) is 5.32 Å². The van der Waals surface area contributed by atoms with Crippen molar-refractivity contribution in [3.63, 3.8) is 0 Å². The van der Waals surface area contributed by atoms with E-state index in [1.807, 2.05) is 25.1 Å². The average Bonchev–Trinajstić information content (AvgIpc) is 3.19. The molecule has 2 fully saturated rings. The van der Waals surface area contributed by atoms with Gasteiger partial charge in [-0.15, -0.1) is 17.5 Å². The number of amides is 1. The number of nitrogens with one attached hydrogen (secondary N) is 2. The minimum atomic E-state index is 0. The van der Waals surface area contributed by atoms with E-state index in [0.29, 0.717) is 24.4 Å². The van der Waals surface area contributed by atoms with Crippen molar-refractivity contribution in [2.24, 2.45) is 5.92 Å². The molecule has 2 atom stereocenters. The van der Waals surface area contributed by atoms with Crippen LogP contribution in [-0.2, 0) is 4.79 Å². The second-order valence-electron chi connectivity index (χ2n) is 6.98. The summed E-state index contributed by atoms with van der Waals surface area (Å²) in [5.41, 5.74) is 2.71. The molecule has 0 aliphatic carbocycles. The normalized spacial score (nSPS) is 24.6. The SMILES string of the molecule is Cc1ccc(NC(=O)CC2CC3CCC(C2)N3)cc1-n1cnnn1.Cl. The maximum atomic E-state index is 12.4. The van der Waals surface area contributed by atoms with Gasteiger partial charge in [-0.05, 0) is 66.6 Å². The van der Waals surface area contributed by atoms with Gasteiger partial charge in [0.1, 0.15) is 6.33 Å². The Morgan fingerprint density at radius 3 is 2.76 bits per heavy atom. The number of hydrogen-bond acceptors (Lipinski definition) is 5. The fraction of sp³-hybridized carbons (Fsp3) is 0.529. The van der Waals surface area contributed by atoms with Crippen LogP contribution in [0.3, 0.4) is 0 Å². The number of hydrogen-bond donors (Lipinski definition) is 2. The van der Waals surface area contributed by atoms with E-state index in [9.17, 15) is 4.79 Å². The summed E-state index contributed by atoms with van der Waals surface area (Å²) in [5, 5.41) is 17.9. The van der Waals surface area contributed by atoms with Gasteiger partial charge in [-0.1, -0.05) is 6.07 Å². The van der Waals surface area contributed by atoms with Crippen molar-refractivity contribution in [3.8, 4) is 5.69 Å². The van der Waals surface area contributed by atoms with E-state index in [1.165, 1.54) is 12.8 Å². The molecular formula is C17H23ClN6O. The molecule has 2 aliphatic heterocycles. The third-order valence-electron chi connectivity index (χ3n) is 5.13. The molecule has 0 saturated carbocycles. The first-order valence-electron chi connectivity index (χ1n) is 8.57. The molecule has 3 heterocycles. The molecular weight excluding hydrogens is 340 g/mol. The van der Waals surface area contributed by atoms with Crippen LogP contribution in [0.25, 0.3) is 5.69 Å². The minimum absolute atomic E-state index is 0. The smallest absolute Gasteiger partial charge is 0.224 e. The van der Waals surface area contributed by atoms with E-state index in [4.69, 9.17) is 0 Å². The fourth-order valence-electron chi connectivity index (χ4n) is 4.02. The van der Waals surface area contributed by atoms with E-state index in [2.05, 4.69) is 26.2 Å². The van der Waals surface area contributed by atoms with Crippen molar-refractivity contribution in [3.05, 3.63) is 30.1 Å². The lowest BCUT2D eigenvalue weighted by Gasteiger charge is -2.28. The van der Waals surface area contributed by atoms with Gasteiger partial charge < -0.3 is 10.6 Å². The Kier molecular flexibility index (Phi) is 5.34. The lowest BCUT2D eigenvalue weighted by Crippen LogP contribution is -2.39. The van der Waals surface area contributed by atoms with Gasteiger partial charge in [-0.3, -0.25) is 4.79 Å². The molecule has 2 aliphatic rings. The molecule has 25 heavy (non-hydrogen) atoms. The maximum Gasteiger partial charge on any atom is 0.224 e. The first-order chi connectivity index (χ1) is 11.7. The number of carbonyl (C=O) groups excluding carboxylic acids is 1. The number of halogens is 1. The Morgan fingerprint density at radius 2 is 2.08 bits per heavy atom. The number of carbonyl (C=O) groups is 1. The van der Waals surface area contributed by atoms with Crippen LogP contribution < -0.4 is 10.6 Å². The summed E-state index contributed by atoms with van der Waals surface area (Å²) in [6, 6.07) is 7.04. The standard InChI is InChI=1S/C17H22N6O.ClH/c1-11-2-3-15(9-16(11)23-10-18-21-22-23)20-17(24)8-12-6-13-4-5-14(7-12)19-13;/h2-3,9-10,12-14,19H,4-8H2,1H3,(H,20,24);1H. The third-order valence-corrected chi connectivity index (χ3v) is 5.13. The minimum Gasteiger partial charge on any atom is -0.326 e. The summed E-state index contributed by atoms with van der Waals surface area (Å²) in [6.45, 7) is 1.99. The maximum absolute atomic E-state index is 12.4. The Bertz CT molecular complexity index is 723. The zero-order chi connectivity index (χ0) is 16.5. The van der Waals surface area contributed by atoms with Crippen LogP contribution in [0.2, 0.25) is 0 Å². The zero-order valence-corrected chi connectivity index (χ0v) is 15.0. The van der Waals surface area contributed by atoms with E-state index < -0.39 is 0 Å². The first-order valence-corrected chi connectivity index (χ1v) is 8.57. The number of anilines is 1. The summed E-state index contributed by atoms with van der Waals surface area (Å²) < 4.78 is 1.61. The van der Waals surface area contributed by atoms with Crippen molar-refractivity contribution >= 4 is 24.0 Å². The number of nitrogens with zero attached hydrogens (tertiary/aromatic N) is 4. The quantitative estimate of drug-likeness (QED) is 0.871. The van der Waals surface area contributed by atoms with E-state index in [0.717, 1.165) is 29.8 Å². The predicted octanol–water partition coefficient (Wildman–Crippen LogP) is 2.25. The summed E-state index contributed by atoms with van der Waals surface area (Å²) in [7, 11) is 0. The van der Waals surface area contributed by atoms with Crippen molar-refractivity contribution in [2.45, 2.75) is 51.1 Å². The van der Waals surface area contributed by atoms with Gasteiger partial charge >= 0.3 is 0 Å². The van der Waals surface area contributed by atoms with E-state index >= 15 is 0 Å². The number of piperidine rings is 1. The second kappa shape index (κ2) is 7.49. The van der Waals surface area contributed by atoms with Crippen LogP contribution in [0.5, 0.6) is 0 Å². The molecule has 2 aromatic rings. The fourth-order valence-corrected chi connectivity index (χ4v) is 4.02. The highest BCUT2D eigenvalue weighted by Gasteiger charge is 2.34. The zero-order valence-electron chi connectivity index (χ0n) is 14.2. The highest BCUT2D eigenvalue weighted by molar-refractivity contribution is 5.91. The summed E-state index contributed by atoms with van der Waals surface area (Å²) in [6.07, 6.45) is 6.91. The molecule has 1 aromatic heterocycles. The van der Waals surface area contributed by atoms with Gasteiger partial charge in [0.25, 0.3) is 0 Å². The van der Waals surface area contributed by atoms with E-state index in [1.54, 1.807) is 11.0 Å². The monoisotopic (exact) mass is 362 g/mol. The second-order valence-corrected chi connectivity index (χ2v) is 6.98. The molecule has 0 spiro atoms. The Morgan fingerprint density at radius 1 is 1.32 bits per heavy atom. The molecule has 2 N–H and O–H groups in total. The molecule has 134 valence electrons. The molecule has 4 rings (SSSR count). The molecule has 7 nitrogen and oxygen atoms in total. The molecule has 2 saturated heterocycles. The molecule has 8 heteroatoms. The highest BCUT2D eigenvalue weighted by Crippen LogP contribution is 2.32. The number of rotatable bonds is 4. The van der Waals surface area contributed by atoms with Crippen molar-refractivity contribution in [1.29, 1.82) is 0 Å². The van der Waals surface area contributed by atoms with Crippen LogP contribution in [0.15, 0.2) is 24.5 Å². The number of fused-ring (bicyclic) bond motifs is 2. The Labute approximate surface area is 153 Å². The van der Waals surface area contributed by atoms with Gasteiger partial charge in [-0.25, -0.2) is 4.68 Å². The van der Waals surface area contributed by atoms with E-state index in [-0.39, 0.29) is 18.3 Å². The average molecular weight is 363 g/mol. The molecule has 1 aromatic carbocycles. The number of benzene rings is 1. The Balaban J connectivity index is 0.00000182. The molecule has 2 bridgehead atoms. The van der Waals surface area contributed by atoms with Gasteiger partial charge in [-0.2, -0.15) is 0 Å². The van der Waals surface area contributed by atoms with Crippen LogP contribution in [0, 0.1) is 12.8 Å². The summed E-state index contributed by atoms with van der Waals surface area (Å²) >= 11 is 0. The van der Waals surface area contributed by atoms with Gasteiger partial charge in [0.15, 0.2) is 0 Å². The Hall–Kier alpha value is -1.99. The van der Waals surface area contributed by atoms with Crippen LogP contribution in [-0.4, -0.2) is 38.2 Å². The lowest BCUT2D eigenvalue weighted by atomic mass is 9.89. The van der Waals surface area contributed by atoms with Crippen LogP contribution >= 0.6 is 12.4 Å². The van der Waals surface area contributed by atoms with Crippen LogP contribution in [0.1, 0.15) is 37.7 Å². The largest absolute Gasteiger partial charge is 0.326 e.